The average molecular weight is 1140 g/mol. The lowest BCUT2D eigenvalue weighted by atomic mass is 9.96. The minimum absolute atomic E-state index is 0.0280. The molecule has 25 atom stereocenters. The molecule has 0 aromatic heterocycles. The molecule has 0 bridgehead atoms. The molecule has 0 saturated carbocycles. The lowest BCUT2D eigenvalue weighted by molar-refractivity contribution is -0.377. The molecule has 5 rings (SSSR count). The summed E-state index contributed by atoms with van der Waals surface area (Å²) in [6.07, 6.45) is -27.4. The third-order valence-corrected chi connectivity index (χ3v) is 13.3. The van der Waals surface area contributed by atoms with Crippen molar-refractivity contribution >= 4 is 11.9 Å². The maximum absolute atomic E-state index is 13.0. The molecular weight excluding hydrogens is 1060 g/mol. The van der Waals surface area contributed by atoms with Gasteiger partial charge in [-0.15, -0.1) is 0 Å². The van der Waals surface area contributed by atoms with Gasteiger partial charge in [0.2, 0.25) is 12.6 Å². The van der Waals surface area contributed by atoms with Crippen LogP contribution in [0.2, 0.25) is 0 Å². The number of aliphatic hydroxyl groups excluding tert-OH is 17. The summed E-state index contributed by atoms with van der Waals surface area (Å²) in [6.45, 7) is 2.42. The van der Waals surface area contributed by atoms with E-state index in [0.717, 1.165) is 11.1 Å². The molecule has 0 aromatic carbocycles. The first-order valence-corrected chi connectivity index (χ1v) is 25.0. The fourth-order valence-corrected chi connectivity index (χ4v) is 8.43. The van der Waals surface area contributed by atoms with Crippen molar-refractivity contribution in [2.75, 3.05) is 33.0 Å². The number of ether oxygens (including phenoxy) is 10. The van der Waals surface area contributed by atoms with Gasteiger partial charge in [0.25, 0.3) is 0 Å². The molecule has 17 N–H and O–H groups in total. The summed E-state index contributed by atoms with van der Waals surface area (Å²) in [5.41, 5.74) is 1.57. The number of carbonyl (C=O) groups excluding carboxylic acids is 2. The standard InChI is InChI=1S/C50H74O29/c1-20(11-7-13-22(3)44(68)78-49-39(65)34(60)31(57)28(75-49)19-70-46-37(63)32(58)29(55)24(15-51)71-46)9-5-6-10-21(2)12-8-14-23(4)45(69)79-50-41(67)36(62)43(27(18-54)74-50)77-48-40(66)35(61)42(26(17-53)73-48)76-47-38(64)33(59)30(56)25(16-52)72-47/h5-14,24-43,46-67H,15-19H2,1-4H3/b6-5+,11-7+,12-8+,20-9+,21-10-,22-13+,23-14+/t24-,25-,26-,27-,28-,29-,30-,31-,32+,33+,34+,35-,36-,37-,38-,39-,40-,41-,42-,43-,46-,47+,48+,49+,50+/m1/s1. The smallest absolute Gasteiger partial charge is 0.336 e. The van der Waals surface area contributed by atoms with Gasteiger partial charge in [0.15, 0.2) is 18.9 Å². The molecule has 29 nitrogen and oxygen atoms in total. The average Bonchev–Trinajstić information content (AvgIpc) is 3.42. The second-order valence-corrected chi connectivity index (χ2v) is 19.3. The highest BCUT2D eigenvalue weighted by molar-refractivity contribution is 5.88. The van der Waals surface area contributed by atoms with Crippen LogP contribution < -0.4 is 0 Å². The largest absolute Gasteiger partial charge is 0.429 e. The van der Waals surface area contributed by atoms with Gasteiger partial charge in [-0.25, -0.2) is 9.59 Å². The molecule has 448 valence electrons. The van der Waals surface area contributed by atoms with Gasteiger partial charge in [-0.05, 0) is 27.7 Å². The van der Waals surface area contributed by atoms with Crippen LogP contribution in [-0.4, -0.2) is 285 Å². The van der Waals surface area contributed by atoms with Gasteiger partial charge >= 0.3 is 11.9 Å². The van der Waals surface area contributed by atoms with Gasteiger partial charge in [0.1, 0.15) is 122 Å². The van der Waals surface area contributed by atoms with E-state index in [1.165, 1.54) is 32.1 Å². The van der Waals surface area contributed by atoms with Crippen LogP contribution >= 0.6 is 0 Å². The Labute approximate surface area is 452 Å². The monoisotopic (exact) mass is 1140 g/mol. The van der Waals surface area contributed by atoms with Gasteiger partial charge < -0.3 is 134 Å². The summed E-state index contributed by atoms with van der Waals surface area (Å²) in [5, 5.41) is 175. The maximum atomic E-state index is 13.0. The summed E-state index contributed by atoms with van der Waals surface area (Å²) in [6, 6.07) is 0. The molecule has 0 unspecified atom stereocenters. The molecule has 5 aliphatic heterocycles. The molecular formula is C50H74O29. The van der Waals surface area contributed by atoms with E-state index in [2.05, 4.69) is 0 Å². The molecule has 0 aromatic rings. The Morgan fingerprint density at radius 3 is 1.10 bits per heavy atom. The number of carbonyl (C=O) groups is 2. The number of hydrogen-bond donors (Lipinski definition) is 17. The van der Waals surface area contributed by atoms with E-state index in [9.17, 15) is 96.4 Å². The van der Waals surface area contributed by atoms with E-state index >= 15 is 0 Å². The summed E-state index contributed by atoms with van der Waals surface area (Å²) in [4.78, 5) is 25.9. The Bertz CT molecular complexity index is 2170. The van der Waals surface area contributed by atoms with E-state index in [4.69, 9.17) is 47.4 Å². The Kier molecular flexibility index (Phi) is 25.4. The topological polar surface area (TPSA) is 470 Å². The minimum Gasteiger partial charge on any atom is -0.429 e. The summed E-state index contributed by atoms with van der Waals surface area (Å²) in [5.74, 6) is -1.93. The van der Waals surface area contributed by atoms with Crippen molar-refractivity contribution in [1.82, 2.24) is 0 Å². The van der Waals surface area contributed by atoms with Crippen molar-refractivity contribution in [2.45, 2.75) is 181 Å². The zero-order chi connectivity index (χ0) is 58.6. The highest BCUT2D eigenvalue weighted by Gasteiger charge is 2.54. The highest BCUT2D eigenvalue weighted by atomic mass is 16.8. The molecule has 0 amide bonds. The van der Waals surface area contributed by atoms with Gasteiger partial charge in [0.05, 0.1) is 33.0 Å². The van der Waals surface area contributed by atoms with Crippen LogP contribution in [0.5, 0.6) is 0 Å². The SMILES string of the molecule is CC(=C/C=C/C=C(C)/C=C/C=C(\C)C(=O)O[C@@H]1O[C@H](CO[C@@H]2O[C@H](CO)[C@@H](O)[C@H](O)[C@H]2O)[C@@H](O)[C@H](O)[C@H]1O)/C=C/C=C(\C)C(=O)O[C@@H]1O[C@H](CO)[C@@H](O[C@@H]2O[C@H](CO)[C@@H](O[C@@H]3O[C@H](CO)[C@@H](O)[C@H](O)[C@H]3O)[C@H](O)[C@H]2O)[C@H](O)[C@H]1O. The molecule has 0 radical (unpaired) electrons. The maximum Gasteiger partial charge on any atom is 0.336 e. The second kappa shape index (κ2) is 30.4. The predicted octanol–water partition coefficient (Wildman–Crippen LogP) is -7.40. The zero-order valence-electron chi connectivity index (χ0n) is 43.2. The third kappa shape index (κ3) is 16.7. The number of hydrogen-bond acceptors (Lipinski definition) is 29. The van der Waals surface area contributed by atoms with Crippen LogP contribution in [0, 0.1) is 0 Å². The summed E-state index contributed by atoms with van der Waals surface area (Å²) >= 11 is 0. The molecule has 5 fully saturated rings. The fourth-order valence-electron chi connectivity index (χ4n) is 8.43. The van der Waals surface area contributed by atoms with Crippen molar-refractivity contribution in [3.63, 3.8) is 0 Å². The first kappa shape index (κ1) is 65.9. The van der Waals surface area contributed by atoms with Crippen LogP contribution in [0.15, 0.2) is 83.1 Å². The molecule has 79 heavy (non-hydrogen) atoms. The first-order chi connectivity index (χ1) is 37.4. The van der Waals surface area contributed by atoms with Crippen molar-refractivity contribution in [3.05, 3.63) is 83.1 Å². The summed E-state index contributed by atoms with van der Waals surface area (Å²) < 4.78 is 54.2. The van der Waals surface area contributed by atoms with E-state index < -0.39 is 199 Å². The van der Waals surface area contributed by atoms with E-state index in [-0.39, 0.29) is 11.1 Å². The molecule has 5 heterocycles. The zero-order valence-corrected chi connectivity index (χ0v) is 43.2. The fraction of sp³-hybridized carbons (Fsp3) is 0.680. The van der Waals surface area contributed by atoms with Crippen molar-refractivity contribution < 1.29 is 144 Å². The molecule has 5 aliphatic rings. The van der Waals surface area contributed by atoms with E-state index in [1.807, 2.05) is 0 Å². The summed E-state index contributed by atoms with van der Waals surface area (Å²) in [7, 11) is 0. The van der Waals surface area contributed by atoms with Crippen LogP contribution in [0.25, 0.3) is 0 Å². The predicted molar refractivity (Wildman–Crippen MR) is 260 cm³/mol. The number of aliphatic hydroxyl groups is 17. The minimum atomic E-state index is -2.03. The quantitative estimate of drug-likeness (QED) is 0.0288. The molecule has 0 aliphatic carbocycles. The normalized spacial score (nSPS) is 42.3. The van der Waals surface area contributed by atoms with Crippen LogP contribution in [-0.2, 0) is 57.0 Å². The second-order valence-electron chi connectivity index (χ2n) is 19.3. The van der Waals surface area contributed by atoms with Gasteiger partial charge in [0, 0.05) is 11.1 Å². The van der Waals surface area contributed by atoms with Crippen LogP contribution in [0.4, 0.5) is 0 Å². The number of rotatable bonds is 21. The van der Waals surface area contributed by atoms with Gasteiger partial charge in [-0.2, -0.15) is 0 Å². The number of allylic oxidation sites excluding steroid dienone is 12. The Hall–Kier alpha value is -3.88. The van der Waals surface area contributed by atoms with Gasteiger partial charge in [-0.1, -0.05) is 71.9 Å². The molecule has 0 spiro atoms. The molecule has 29 heteroatoms. The Balaban J connectivity index is 1.07. The van der Waals surface area contributed by atoms with E-state index in [1.54, 1.807) is 56.4 Å². The van der Waals surface area contributed by atoms with Crippen molar-refractivity contribution in [1.29, 1.82) is 0 Å². The third-order valence-electron chi connectivity index (χ3n) is 13.3. The van der Waals surface area contributed by atoms with Crippen molar-refractivity contribution in [2.24, 2.45) is 0 Å². The Morgan fingerprint density at radius 1 is 0.367 bits per heavy atom. The van der Waals surface area contributed by atoms with Gasteiger partial charge in [-0.3, -0.25) is 0 Å². The Morgan fingerprint density at radius 2 is 0.684 bits per heavy atom. The highest BCUT2D eigenvalue weighted by Crippen LogP contribution is 2.33. The lowest BCUT2D eigenvalue weighted by Crippen LogP contribution is -2.66. The lowest BCUT2D eigenvalue weighted by Gasteiger charge is -2.48. The number of esters is 2. The van der Waals surface area contributed by atoms with Crippen LogP contribution in [0.3, 0.4) is 0 Å². The first-order valence-electron chi connectivity index (χ1n) is 25.0. The van der Waals surface area contributed by atoms with E-state index in [0.29, 0.717) is 0 Å². The molecule has 5 saturated heterocycles. The van der Waals surface area contributed by atoms with Crippen molar-refractivity contribution in [3.8, 4) is 0 Å². The van der Waals surface area contributed by atoms with Crippen LogP contribution in [0.1, 0.15) is 27.7 Å².